The Morgan fingerprint density at radius 2 is 1.56 bits per heavy atom. The van der Waals surface area contributed by atoms with Crippen LogP contribution in [-0.4, -0.2) is 41.7 Å². The van der Waals surface area contributed by atoms with Gasteiger partial charge in [0.1, 0.15) is 5.75 Å². The molecule has 3 rings (SSSR count). The van der Waals surface area contributed by atoms with E-state index in [4.69, 9.17) is 4.74 Å². The van der Waals surface area contributed by atoms with Crippen LogP contribution in [0.4, 0.5) is 5.69 Å². The highest BCUT2D eigenvalue weighted by Crippen LogP contribution is 2.24. The van der Waals surface area contributed by atoms with Crippen molar-refractivity contribution in [1.29, 1.82) is 0 Å². The van der Waals surface area contributed by atoms with Gasteiger partial charge in [-0.2, -0.15) is 0 Å². The number of nitrogens with zero attached hydrogens (tertiary/aromatic N) is 2. The van der Waals surface area contributed by atoms with Crippen LogP contribution in [0.5, 0.6) is 5.75 Å². The highest BCUT2D eigenvalue weighted by atomic mass is 16.6. The SMILES string of the molecule is COc1ccc(C(=O)C2CCN(C(=O)c3ccc([N+](=O)[O-])cc3)CC2)cc1. The lowest BCUT2D eigenvalue weighted by molar-refractivity contribution is -0.384. The van der Waals surface area contributed by atoms with Gasteiger partial charge in [-0.3, -0.25) is 19.7 Å². The smallest absolute Gasteiger partial charge is 0.269 e. The maximum atomic E-state index is 12.6. The number of ketones is 1. The second-order valence-corrected chi connectivity index (χ2v) is 6.46. The van der Waals surface area contributed by atoms with E-state index in [9.17, 15) is 19.7 Å². The number of nitro groups is 1. The van der Waals surface area contributed by atoms with Gasteiger partial charge in [-0.05, 0) is 49.2 Å². The van der Waals surface area contributed by atoms with Crippen LogP contribution >= 0.6 is 0 Å². The summed E-state index contributed by atoms with van der Waals surface area (Å²) in [4.78, 5) is 37.1. The Kier molecular flexibility index (Phi) is 5.49. The van der Waals surface area contributed by atoms with Crippen molar-refractivity contribution in [2.75, 3.05) is 20.2 Å². The summed E-state index contributed by atoms with van der Waals surface area (Å²) in [7, 11) is 1.58. The lowest BCUT2D eigenvalue weighted by Crippen LogP contribution is -2.40. The maximum absolute atomic E-state index is 12.6. The van der Waals surface area contributed by atoms with Crippen molar-refractivity contribution < 1.29 is 19.2 Å². The molecule has 0 saturated carbocycles. The molecule has 0 unspecified atom stereocenters. The zero-order chi connectivity index (χ0) is 19.4. The minimum absolute atomic E-state index is 0.0460. The van der Waals surface area contributed by atoms with E-state index in [1.807, 2.05) is 0 Å². The molecule has 27 heavy (non-hydrogen) atoms. The third-order valence-corrected chi connectivity index (χ3v) is 4.85. The molecule has 1 fully saturated rings. The van der Waals surface area contributed by atoms with Gasteiger partial charge in [-0.15, -0.1) is 0 Å². The summed E-state index contributed by atoms with van der Waals surface area (Å²) in [5.74, 6) is 0.509. The maximum Gasteiger partial charge on any atom is 0.269 e. The fraction of sp³-hybridized carbons (Fsp3) is 0.300. The number of amides is 1. The molecule has 1 aliphatic heterocycles. The Morgan fingerprint density at radius 3 is 2.07 bits per heavy atom. The molecule has 0 N–H and O–H groups in total. The Bertz CT molecular complexity index is 838. The molecular formula is C20H20N2O5. The van der Waals surface area contributed by atoms with Crippen molar-refractivity contribution >= 4 is 17.4 Å². The summed E-state index contributed by atoms with van der Waals surface area (Å²) in [6, 6.07) is 12.6. The van der Waals surface area contributed by atoms with Gasteiger partial charge >= 0.3 is 0 Å². The zero-order valence-electron chi connectivity index (χ0n) is 15.0. The normalized spacial score (nSPS) is 14.6. The third kappa shape index (κ3) is 4.13. The number of rotatable bonds is 5. The van der Waals surface area contributed by atoms with E-state index in [-0.39, 0.29) is 23.3 Å². The zero-order valence-corrected chi connectivity index (χ0v) is 15.0. The van der Waals surface area contributed by atoms with Gasteiger partial charge in [0.2, 0.25) is 0 Å². The van der Waals surface area contributed by atoms with Gasteiger partial charge in [-0.25, -0.2) is 0 Å². The molecule has 0 atom stereocenters. The number of ether oxygens (including phenoxy) is 1. The number of non-ortho nitro benzene ring substituents is 1. The molecule has 1 aliphatic rings. The van der Waals surface area contributed by atoms with E-state index in [1.54, 1.807) is 36.3 Å². The summed E-state index contributed by atoms with van der Waals surface area (Å²) < 4.78 is 5.10. The highest BCUT2D eigenvalue weighted by molar-refractivity contribution is 5.98. The van der Waals surface area contributed by atoms with E-state index in [1.165, 1.54) is 24.3 Å². The molecule has 7 nitrogen and oxygen atoms in total. The van der Waals surface area contributed by atoms with Crippen molar-refractivity contribution in [1.82, 2.24) is 4.90 Å². The van der Waals surface area contributed by atoms with Gasteiger partial charge < -0.3 is 9.64 Å². The van der Waals surface area contributed by atoms with Crippen LogP contribution in [0.25, 0.3) is 0 Å². The summed E-state index contributed by atoms with van der Waals surface area (Å²) in [6.07, 6.45) is 1.20. The molecular weight excluding hydrogens is 348 g/mol. The number of hydrogen-bond acceptors (Lipinski definition) is 5. The van der Waals surface area contributed by atoms with Crippen molar-refractivity contribution in [3.8, 4) is 5.75 Å². The standard InChI is InChI=1S/C20H20N2O5/c1-27-18-8-4-14(5-9-18)19(23)15-10-12-21(13-11-15)20(24)16-2-6-17(7-3-16)22(25)26/h2-9,15H,10-13H2,1H3. The number of benzene rings is 2. The highest BCUT2D eigenvalue weighted by Gasteiger charge is 2.28. The van der Waals surface area contributed by atoms with Gasteiger partial charge in [0.25, 0.3) is 11.6 Å². The van der Waals surface area contributed by atoms with Gasteiger partial charge in [0.15, 0.2) is 5.78 Å². The summed E-state index contributed by atoms with van der Waals surface area (Å²) >= 11 is 0. The molecule has 2 aromatic rings. The molecule has 0 aliphatic carbocycles. The summed E-state index contributed by atoms with van der Waals surface area (Å²) in [6.45, 7) is 0.977. The van der Waals surface area contributed by atoms with E-state index in [2.05, 4.69) is 0 Å². The second-order valence-electron chi connectivity index (χ2n) is 6.46. The van der Waals surface area contributed by atoms with Crippen LogP contribution in [0.1, 0.15) is 33.6 Å². The van der Waals surface area contributed by atoms with Crippen LogP contribution in [0.3, 0.4) is 0 Å². The summed E-state index contributed by atoms with van der Waals surface area (Å²) in [5.41, 5.74) is 1.02. The Balaban J connectivity index is 1.59. The van der Waals surface area contributed by atoms with Crippen LogP contribution in [0, 0.1) is 16.0 Å². The monoisotopic (exact) mass is 368 g/mol. The predicted octanol–water partition coefficient (Wildman–Crippen LogP) is 3.34. The number of likely N-dealkylation sites (tertiary alicyclic amines) is 1. The van der Waals surface area contributed by atoms with Crippen molar-refractivity contribution in [3.05, 3.63) is 69.8 Å². The lowest BCUT2D eigenvalue weighted by Gasteiger charge is -2.31. The fourth-order valence-corrected chi connectivity index (χ4v) is 3.24. The topological polar surface area (TPSA) is 89.8 Å². The first kappa shape index (κ1) is 18.6. The largest absolute Gasteiger partial charge is 0.497 e. The molecule has 1 saturated heterocycles. The fourth-order valence-electron chi connectivity index (χ4n) is 3.24. The number of hydrogen-bond donors (Lipinski definition) is 0. The first-order chi connectivity index (χ1) is 13.0. The average molecular weight is 368 g/mol. The minimum atomic E-state index is -0.496. The van der Waals surface area contributed by atoms with Gasteiger partial charge in [0, 0.05) is 42.3 Å². The first-order valence-electron chi connectivity index (χ1n) is 8.71. The molecule has 0 bridgehead atoms. The number of Topliss-reactive ketones (excluding diaryl/α,β-unsaturated/α-hetero) is 1. The van der Waals surface area contributed by atoms with Crippen LogP contribution in [-0.2, 0) is 0 Å². The third-order valence-electron chi connectivity index (χ3n) is 4.85. The Morgan fingerprint density at radius 1 is 1.00 bits per heavy atom. The molecule has 0 spiro atoms. The number of methoxy groups -OCH3 is 1. The van der Waals surface area contributed by atoms with E-state index in [0.29, 0.717) is 42.8 Å². The average Bonchev–Trinajstić information content (AvgIpc) is 2.73. The summed E-state index contributed by atoms with van der Waals surface area (Å²) in [5, 5.41) is 10.7. The minimum Gasteiger partial charge on any atom is -0.497 e. The number of carbonyl (C=O) groups is 2. The molecule has 140 valence electrons. The Labute approximate surface area is 156 Å². The van der Waals surface area contributed by atoms with Gasteiger partial charge in [0.05, 0.1) is 12.0 Å². The van der Waals surface area contributed by atoms with Gasteiger partial charge in [-0.1, -0.05) is 0 Å². The van der Waals surface area contributed by atoms with Crippen molar-refractivity contribution in [2.45, 2.75) is 12.8 Å². The lowest BCUT2D eigenvalue weighted by atomic mass is 9.88. The van der Waals surface area contributed by atoms with Crippen LogP contribution in [0.15, 0.2) is 48.5 Å². The van der Waals surface area contributed by atoms with Crippen LogP contribution < -0.4 is 4.74 Å². The molecule has 1 heterocycles. The molecule has 0 aromatic heterocycles. The number of piperidine rings is 1. The quantitative estimate of drug-likeness (QED) is 0.459. The first-order valence-corrected chi connectivity index (χ1v) is 8.71. The van der Waals surface area contributed by atoms with E-state index < -0.39 is 4.92 Å². The van der Waals surface area contributed by atoms with E-state index >= 15 is 0 Å². The van der Waals surface area contributed by atoms with E-state index in [0.717, 1.165) is 0 Å². The second kappa shape index (κ2) is 7.99. The predicted molar refractivity (Wildman–Crippen MR) is 99.0 cm³/mol. The van der Waals surface area contributed by atoms with Crippen molar-refractivity contribution in [3.63, 3.8) is 0 Å². The molecule has 2 aromatic carbocycles. The molecule has 1 amide bonds. The molecule has 0 radical (unpaired) electrons. The number of nitro benzene ring substituents is 1. The molecule has 7 heteroatoms. The number of carbonyl (C=O) groups excluding carboxylic acids is 2. The van der Waals surface area contributed by atoms with Crippen LogP contribution in [0.2, 0.25) is 0 Å². The van der Waals surface area contributed by atoms with Crippen molar-refractivity contribution in [2.24, 2.45) is 5.92 Å². The Hall–Kier alpha value is -3.22.